The number of aromatic nitrogens is 2. The molecule has 0 amide bonds. The van der Waals surface area contributed by atoms with Crippen LogP contribution in [0.25, 0.3) is 21.3 Å². The highest BCUT2D eigenvalue weighted by atomic mass is 32.1. The maximum atomic E-state index is 5.59. The summed E-state index contributed by atoms with van der Waals surface area (Å²) in [6.45, 7) is 10.0. The summed E-state index contributed by atoms with van der Waals surface area (Å²) >= 11 is 1.74. The van der Waals surface area contributed by atoms with Crippen molar-refractivity contribution in [1.29, 1.82) is 0 Å². The molecule has 136 valence electrons. The van der Waals surface area contributed by atoms with Crippen molar-refractivity contribution in [1.82, 2.24) is 9.97 Å². The molecule has 0 bridgehead atoms. The molecule has 1 aromatic carbocycles. The number of aryl methyl sites for hydroxylation is 2. The average Bonchev–Trinajstić information content (AvgIpc) is 2.98. The van der Waals surface area contributed by atoms with Gasteiger partial charge in [-0.15, -0.1) is 11.3 Å². The Morgan fingerprint density at radius 3 is 2.54 bits per heavy atom. The van der Waals surface area contributed by atoms with Crippen LogP contribution in [0.5, 0.6) is 5.75 Å². The Labute approximate surface area is 157 Å². The first-order valence-corrected chi connectivity index (χ1v) is 9.82. The number of morpholine rings is 1. The SMILES string of the molecule is CCOc1ccc(-c2c(C)sc3nc(C)nc(N4CCOCC4)c23)cc1. The van der Waals surface area contributed by atoms with Crippen molar-refractivity contribution < 1.29 is 9.47 Å². The van der Waals surface area contributed by atoms with Gasteiger partial charge >= 0.3 is 0 Å². The van der Waals surface area contributed by atoms with Crippen molar-refractivity contribution in [3.63, 3.8) is 0 Å². The quantitative estimate of drug-likeness (QED) is 0.689. The van der Waals surface area contributed by atoms with Gasteiger partial charge in [0, 0.05) is 23.5 Å². The fourth-order valence-corrected chi connectivity index (χ4v) is 4.52. The maximum absolute atomic E-state index is 5.59. The number of thiophene rings is 1. The van der Waals surface area contributed by atoms with Crippen molar-refractivity contribution in [3.8, 4) is 16.9 Å². The van der Waals surface area contributed by atoms with E-state index in [1.807, 2.05) is 26.0 Å². The van der Waals surface area contributed by atoms with E-state index in [1.54, 1.807) is 11.3 Å². The van der Waals surface area contributed by atoms with Crippen LogP contribution in [0.2, 0.25) is 0 Å². The van der Waals surface area contributed by atoms with Crippen molar-refractivity contribution in [3.05, 3.63) is 35.0 Å². The number of hydrogen-bond donors (Lipinski definition) is 0. The molecule has 1 aliphatic heterocycles. The maximum Gasteiger partial charge on any atom is 0.141 e. The number of ether oxygens (including phenoxy) is 2. The third kappa shape index (κ3) is 3.15. The molecule has 0 aliphatic carbocycles. The van der Waals surface area contributed by atoms with Crippen LogP contribution in [0, 0.1) is 13.8 Å². The molecule has 2 aromatic heterocycles. The van der Waals surface area contributed by atoms with E-state index < -0.39 is 0 Å². The Morgan fingerprint density at radius 2 is 1.85 bits per heavy atom. The van der Waals surface area contributed by atoms with Crippen LogP contribution in [0.4, 0.5) is 5.82 Å². The second-order valence-electron chi connectivity index (χ2n) is 6.36. The van der Waals surface area contributed by atoms with Crippen LogP contribution >= 0.6 is 11.3 Å². The molecule has 5 nitrogen and oxygen atoms in total. The van der Waals surface area contributed by atoms with Gasteiger partial charge in [-0.05, 0) is 38.5 Å². The third-order valence-corrected chi connectivity index (χ3v) is 5.58. The van der Waals surface area contributed by atoms with Gasteiger partial charge in [-0.25, -0.2) is 9.97 Å². The zero-order chi connectivity index (χ0) is 18.1. The van der Waals surface area contributed by atoms with Crippen LogP contribution in [-0.2, 0) is 4.74 Å². The van der Waals surface area contributed by atoms with E-state index in [-0.39, 0.29) is 0 Å². The number of anilines is 1. The monoisotopic (exact) mass is 369 g/mol. The predicted molar refractivity (Wildman–Crippen MR) is 107 cm³/mol. The number of rotatable bonds is 4. The van der Waals surface area contributed by atoms with E-state index >= 15 is 0 Å². The van der Waals surface area contributed by atoms with Gasteiger partial charge in [0.1, 0.15) is 22.2 Å². The van der Waals surface area contributed by atoms with E-state index in [1.165, 1.54) is 16.0 Å². The first-order valence-electron chi connectivity index (χ1n) is 9.01. The molecule has 26 heavy (non-hydrogen) atoms. The lowest BCUT2D eigenvalue weighted by molar-refractivity contribution is 0.122. The van der Waals surface area contributed by atoms with Gasteiger partial charge in [-0.1, -0.05) is 12.1 Å². The Balaban J connectivity index is 1.87. The minimum atomic E-state index is 0.675. The molecular weight excluding hydrogens is 346 g/mol. The van der Waals surface area contributed by atoms with Gasteiger partial charge in [0.2, 0.25) is 0 Å². The minimum Gasteiger partial charge on any atom is -0.494 e. The van der Waals surface area contributed by atoms with E-state index in [2.05, 4.69) is 24.0 Å². The summed E-state index contributed by atoms with van der Waals surface area (Å²) in [5.41, 5.74) is 2.41. The summed E-state index contributed by atoms with van der Waals surface area (Å²) in [5.74, 6) is 2.75. The number of nitrogens with zero attached hydrogens (tertiary/aromatic N) is 3. The molecule has 0 spiro atoms. The summed E-state index contributed by atoms with van der Waals surface area (Å²) in [6.07, 6.45) is 0. The van der Waals surface area contributed by atoms with Gasteiger partial charge < -0.3 is 14.4 Å². The lowest BCUT2D eigenvalue weighted by Crippen LogP contribution is -2.37. The lowest BCUT2D eigenvalue weighted by Gasteiger charge is -2.28. The Morgan fingerprint density at radius 1 is 1.12 bits per heavy atom. The molecule has 1 saturated heterocycles. The van der Waals surface area contributed by atoms with E-state index in [0.29, 0.717) is 6.61 Å². The second-order valence-corrected chi connectivity index (χ2v) is 7.57. The van der Waals surface area contributed by atoms with E-state index in [0.717, 1.165) is 53.9 Å². The highest BCUT2D eigenvalue weighted by Crippen LogP contribution is 2.42. The largest absolute Gasteiger partial charge is 0.494 e. The fraction of sp³-hybridized carbons (Fsp3) is 0.400. The number of fused-ring (bicyclic) bond motifs is 1. The van der Waals surface area contributed by atoms with Crippen LogP contribution in [-0.4, -0.2) is 42.9 Å². The van der Waals surface area contributed by atoms with E-state index in [9.17, 15) is 0 Å². The number of benzene rings is 1. The molecule has 3 aromatic rings. The smallest absolute Gasteiger partial charge is 0.141 e. The molecule has 0 saturated carbocycles. The minimum absolute atomic E-state index is 0.675. The van der Waals surface area contributed by atoms with Crippen LogP contribution in [0.1, 0.15) is 17.6 Å². The topological polar surface area (TPSA) is 47.5 Å². The molecule has 3 heterocycles. The standard InChI is InChI=1S/C20H23N3O2S/c1-4-25-16-7-5-15(6-8-16)17-13(2)26-20-18(17)19(21-14(3)22-20)23-9-11-24-12-10-23/h5-8H,4,9-12H2,1-3H3. The zero-order valence-electron chi connectivity index (χ0n) is 15.4. The van der Waals surface area contributed by atoms with Crippen molar-refractivity contribution >= 4 is 27.4 Å². The summed E-state index contributed by atoms with van der Waals surface area (Å²) in [5, 5.41) is 1.16. The average molecular weight is 369 g/mol. The lowest BCUT2D eigenvalue weighted by atomic mass is 10.0. The summed E-state index contributed by atoms with van der Waals surface area (Å²) in [7, 11) is 0. The first-order chi connectivity index (χ1) is 12.7. The van der Waals surface area contributed by atoms with Crippen LogP contribution < -0.4 is 9.64 Å². The molecule has 0 radical (unpaired) electrons. The highest BCUT2D eigenvalue weighted by molar-refractivity contribution is 7.19. The second kappa shape index (κ2) is 7.21. The summed E-state index contributed by atoms with van der Waals surface area (Å²) < 4.78 is 11.1. The normalized spacial score (nSPS) is 14.8. The Kier molecular flexibility index (Phi) is 4.78. The van der Waals surface area contributed by atoms with Crippen LogP contribution in [0.15, 0.2) is 24.3 Å². The van der Waals surface area contributed by atoms with Crippen molar-refractivity contribution in [2.45, 2.75) is 20.8 Å². The van der Waals surface area contributed by atoms with Gasteiger partial charge in [0.25, 0.3) is 0 Å². The van der Waals surface area contributed by atoms with E-state index in [4.69, 9.17) is 19.4 Å². The molecule has 1 aliphatic rings. The zero-order valence-corrected chi connectivity index (χ0v) is 16.2. The molecule has 0 atom stereocenters. The fourth-order valence-electron chi connectivity index (χ4n) is 3.43. The first kappa shape index (κ1) is 17.2. The molecule has 6 heteroatoms. The Bertz CT molecular complexity index is 915. The summed E-state index contributed by atoms with van der Waals surface area (Å²) in [4.78, 5) is 14.2. The highest BCUT2D eigenvalue weighted by Gasteiger charge is 2.22. The van der Waals surface area contributed by atoms with Crippen LogP contribution in [0.3, 0.4) is 0 Å². The Hall–Kier alpha value is -2.18. The van der Waals surface area contributed by atoms with Gasteiger partial charge in [-0.2, -0.15) is 0 Å². The van der Waals surface area contributed by atoms with Crippen molar-refractivity contribution in [2.75, 3.05) is 37.8 Å². The van der Waals surface area contributed by atoms with Gasteiger partial charge in [-0.3, -0.25) is 0 Å². The predicted octanol–water partition coefficient (Wildman–Crippen LogP) is 4.21. The number of hydrogen-bond acceptors (Lipinski definition) is 6. The molecule has 4 rings (SSSR count). The molecular formula is C20H23N3O2S. The molecule has 1 fully saturated rings. The molecule has 0 N–H and O–H groups in total. The van der Waals surface area contributed by atoms with Gasteiger partial charge in [0.15, 0.2) is 0 Å². The van der Waals surface area contributed by atoms with Gasteiger partial charge in [0.05, 0.1) is 25.2 Å². The molecule has 0 unspecified atom stereocenters. The third-order valence-electron chi connectivity index (χ3n) is 4.58. The van der Waals surface area contributed by atoms with Crippen molar-refractivity contribution in [2.24, 2.45) is 0 Å². The summed E-state index contributed by atoms with van der Waals surface area (Å²) in [6, 6.07) is 8.32.